The normalized spacial score (nSPS) is 17.1. The average molecular weight is 333 g/mol. The highest BCUT2D eigenvalue weighted by molar-refractivity contribution is 7.88. The third kappa shape index (κ3) is 3.92. The molecule has 9 heteroatoms. The van der Waals surface area contributed by atoms with Crippen LogP contribution in [0.3, 0.4) is 0 Å². The minimum atomic E-state index is -3.18. The third-order valence-electron chi connectivity index (χ3n) is 3.59. The molecule has 0 bridgehead atoms. The fourth-order valence-electron chi connectivity index (χ4n) is 2.31. The monoisotopic (exact) mass is 333 g/mol. The first kappa shape index (κ1) is 16.2. The van der Waals surface area contributed by atoms with Crippen LogP contribution in [0.4, 0.5) is 0 Å². The van der Waals surface area contributed by atoms with Gasteiger partial charge in [0.2, 0.25) is 15.9 Å². The Bertz CT molecular complexity index is 669. The highest BCUT2D eigenvalue weighted by Gasteiger charge is 2.25. The van der Waals surface area contributed by atoms with Crippen LogP contribution < -0.4 is 4.87 Å². The van der Waals surface area contributed by atoms with Gasteiger partial charge >= 0.3 is 4.87 Å². The zero-order chi connectivity index (χ0) is 15.6. The number of carbonyl (C=O) groups excluding carboxylic acids is 1. The number of rotatable bonds is 4. The van der Waals surface area contributed by atoms with Crippen LogP contribution in [0.5, 0.6) is 0 Å². The minimum Gasteiger partial charge on any atom is -0.340 e. The van der Waals surface area contributed by atoms with E-state index >= 15 is 0 Å². The Kier molecular flexibility index (Phi) is 4.84. The largest absolute Gasteiger partial charge is 0.340 e. The number of piperazine rings is 1. The molecule has 1 aromatic rings. The van der Waals surface area contributed by atoms with Crippen LogP contribution in [0.1, 0.15) is 12.1 Å². The first-order valence-corrected chi connectivity index (χ1v) is 9.39. The number of nitrogens with zero attached hydrogens (tertiary/aromatic N) is 3. The Morgan fingerprint density at radius 3 is 2.38 bits per heavy atom. The smallest absolute Gasteiger partial charge is 0.307 e. The van der Waals surface area contributed by atoms with Gasteiger partial charge in [-0.2, -0.15) is 4.31 Å². The summed E-state index contributed by atoms with van der Waals surface area (Å²) in [6.45, 7) is 3.70. The summed E-state index contributed by atoms with van der Waals surface area (Å²) in [6, 6.07) is 0. The van der Waals surface area contributed by atoms with Crippen LogP contribution in [-0.2, 0) is 21.4 Å². The van der Waals surface area contributed by atoms with Gasteiger partial charge < -0.3 is 9.47 Å². The highest BCUT2D eigenvalue weighted by atomic mass is 32.2. The Morgan fingerprint density at radius 2 is 1.90 bits per heavy atom. The maximum absolute atomic E-state index is 12.1. The highest BCUT2D eigenvalue weighted by Crippen LogP contribution is 2.08. The van der Waals surface area contributed by atoms with Crippen molar-refractivity contribution >= 4 is 27.3 Å². The Hall–Kier alpha value is -1.19. The number of sulfonamides is 1. The van der Waals surface area contributed by atoms with Crippen molar-refractivity contribution in [3.8, 4) is 0 Å². The van der Waals surface area contributed by atoms with Crippen molar-refractivity contribution in [2.24, 2.45) is 0 Å². The van der Waals surface area contributed by atoms with Gasteiger partial charge in [-0.15, -0.1) is 0 Å². The van der Waals surface area contributed by atoms with E-state index in [0.29, 0.717) is 32.7 Å². The molecule has 0 saturated carbocycles. The zero-order valence-corrected chi connectivity index (χ0v) is 13.7. The summed E-state index contributed by atoms with van der Waals surface area (Å²) in [5, 5.41) is 1.78. The van der Waals surface area contributed by atoms with E-state index in [1.807, 2.05) is 6.92 Å². The van der Waals surface area contributed by atoms with E-state index in [9.17, 15) is 18.0 Å². The number of amides is 1. The van der Waals surface area contributed by atoms with E-state index in [1.165, 1.54) is 10.6 Å². The summed E-state index contributed by atoms with van der Waals surface area (Å²) in [7, 11) is -3.18. The van der Waals surface area contributed by atoms with Gasteiger partial charge in [-0.3, -0.25) is 9.59 Å². The first-order chi connectivity index (χ1) is 9.79. The van der Waals surface area contributed by atoms with E-state index in [0.717, 1.165) is 17.0 Å². The fourth-order valence-corrected chi connectivity index (χ4v) is 3.90. The van der Waals surface area contributed by atoms with Crippen molar-refractivity contribution in [1.29, 1.82) is 0 Å². The summed E-state index contributed by atoms with van der Waals surface area (Å²) in [5.74, 6) is -0.0411. The van der Waals surface area contributed by atoms with Crippen molar-refractivity contribution < 1.29 is 13.2 Å². The maximum atomic E-state index is 12.1. The molecule has 2 heterocycles. The number of aromatic nitrogens is 1. The van der Waals surface area contributed by atoms with Crippen LogP contribution in [0, 0.1) is 6.92 Å². The molecular weight excluding hydrogens is 314 g/mol. The molecule has 21 heavy (non-hydrogen) atoms. The van der Waals surface area contributed by atoms with Crippen molar-refractivity contribution in [1.82, 2.24) is 13.8 Å². The quantitative estimate of drug-likeness (QED) is 0.758. The van der Waals surface area contributed by atoms with Crippen LogP contribution in [0.25, 0.3) is 0 Å². The molecule has 1 aliphatic rings. The van der Waals surface area contributed by atoms with E-state index in [1.54, 1.807) is 14.8 Å². The lowest BCUT2D eigenvalue weighted by Crippen LogP contribution is -2.50. The lowest BCUT2D eigenvalue weighted by molar-refractivity contribution is -0.132. The van der Waals surface area contributed by atoms with E-state index in [-0.39, 0.29) is 17.2 Å². The molecule has 1 amide bonds. The first-order valence-electron chi connectivity index (χ1n) is 6.67. The fraction of sp³-hybridized carbons (Fsp3) is 0.667. The van der Waals surface area contributed by atoms with Crippen molar-refractivity contribution in [3.05, 3.63) is 20.7 Å². The molecule has 0 spiro atoms. The molecular formula is C12H19N3O4S2. The van der Waals surface area contributed by atoms with Gasteiger partial charge in [0, 0.05) is 50.2 Å². The molecule has 1 aromatic heterocycles. The second-order valence-electron chi connectivity index (χ2n) is 5.09. The van der Waals surface area contributed by atoms with Crippen molar-refractivity contribution in [3.63, 3.8) is 0 Å². The van der Waals surface area contributed by atoms with Gasteiger partial charge in [-0.25, -0.2) is 8.42 Å². The topological polar surface area (TPSA) is 79.7 Å². The molecule has 1 saturated heterocycles. The van der Waals surface area contributed by atoms with Crippen molar-refractivity contribution in [2.45, 2.75) is 19.9 Å². The van der Waals surface area contributed by atoms with Crippen LogP contribution in [-0.4, -0.2) is 60.5 Å². The zero-order valence-electron chi connectivity index (χ0n) is 12.1. The molecule has 0 atom stereocenters. The summed E-state index contributed by atoms with van der Waals surface area (Å²) < 4.78 is 25.8. The molecule has 0 unspecified atom stereocenters. The number of hydrogen-bond acceptors (Lipinski definition) is 5. The summed E-state index contributed by atoms with van der Waals surface area (Å²) in [6.07, 6.45) is 1.44. The van der Waals surface area contributed by atoms with Gasteiger partial charge in [0.05, 0.1) is 6.26 Å². The molecule has 0 aromatic carbocycles. The molecule has 0 N–H and O–H groups in total. The molecule has 0 aliphatic carbocycles. The van der Waals surface area contributed by atoms with Gasteiger partial charge in [0.25, 0.3) is 0 Å². The lowest BCUT2D eigenvalue weighted by atomic mass is 10.3. The van der Waals surface area contributed by atoms with Gasteiger partial charge in [-0.1, -0.05) is 11.3 Å². The Labute approximate surface area is 127 Å². The molecule has 118 valence electrons. The number of hydrogen-bond donors (Lipinski definition) is 0. The van der Waals surface area contributed by atoms with Crippen LogP contribution >= 0.6 is 11.3 Å². The summed E-state index contributed by atoms with van der Waals surface area (Å²) in [5.41, 5.74) is 0.861. The molecule has 0 radical (unpaired) electrons. The van der Waals surface area contributed by atoms with Crippen LogP contribution in [0.15, 0.2) is 10.2 Å². The minimum absolute atomic E-state index is 0.0411. The number of carbonyl (C=O) groups is 1. The number of thiazole rings is 1. The SMILES string of the molecule is Cc1csc(=O)n1CCC(=O)N1CCN(S(C)(=O)=O)CC1. The molecule has 1 fully saturated rings. The van der Waals surface area contributed by atoms with Crippen molar-refractivity contribution in [2.75, 3.05) is 32.4 Å². The Morgan fingerprint density at radius 1 is 1.29 bits per heavy atom. The Balaban J connectivity index is 1.87. The average Bonchev–Trinajstić information content (AvgIpc) is 2.75. The van der Waals surface area contributed by atoms with E-state index < -0.39 is 10.0 Å². The number of aryl methyl sites for hydroxylation is 1. The second-order valence-corrected chi connectivity index (χ2v) is 7.89. The van der Waals surface area contributed by atoms with Gasteiger partial charge in [-0.05, 0) is 6.92 Å². The standard InChI is InChI=1S/C12H19N3O4S2/c1-10-9-20-12(17)15(10)4-3-11(16)13-5-7-14(8-6-13)21(2,18)19/h9H,3-8H2,1-2H3. The second kappa shape index (κ2) is 6.29. The lowest BCUT2D eigenvalue weighted by Gasteiger charge is -2.33. The predicted octanol–water partition coefficient (Wildman–Crippen LogP) is -0.288. The molecule has 1 aliphatic heterocycles. The third-order valence-corrected chi connectivity index (χ3v) is 5.77. The molecule has 2 rings (SSSR count). The van der Waals surface area contributed by atoms with Gasteiger partial charge in [0.1, 0.15) is 0 Å². The van der Waals surface area contributed by atoms with Gasteiger partial charge in [0.15, 0.2) is 0 Å². The predicted molar refractivity (Wildman–Crippen MR) is 80.9 cm³/mol. The van der Waals surface area contributed by atoms with E-state index in [2.05, 4.69) is 0 Å². The molecule has 7 nitrogen and oxygen atoms in total. The summed E-state index contributed by atoms with van der Waals surface area (Å²) >= 11 is 1.13. The van der Waals surface area contributed by atoms with Crippen LogP contribution in [0.2, 0.25) is 0 Å². The summed E-state index contributed by atoms with van der Waals surface area (Å²) in [4.78, 5) is 25.3. The maximum Gasteiger partial charge on any atom is 0.307 e. The van der Waals surface area contributed by atoms with E-state index in [4.69, 9.17) is 0 Å².